The van der Waals surface area contributed by atoms with Gasteiger partial charge in [0.2, 0.25) is 0 Å². The van der Waals surface area contributed by atoms with Crippen molar-refractivity contribution in [1.82, 2.24) is 24.1 Å². The molecule has 0 radical (unpaired) electrons. The van der Waals surface area contributed by atoms with Gasteiger partial charge < -0.3 is 18.3 Å². The first-order valence-corrected chi connectivity index (χ1v) is 29.1. The van der Waals surface area contributed by atoms with Crippen molar-refractivity contribution < 1.29 is 30.2 Å². The van der Waals surface area contributed by atoms with Crippen LogP contribution in [0, 0.1) is 19.1 Å². The van der Waals surface area contributed by atoms with Crippen LogP contribution in [-0.4, -0.2) is 24.1 Å². The van der Waals surface area contributed by atoms with Crippen LogP contribution < -0.4 is 4.74 Å². The number of fused-ring (bicyclic) bond motifs is 9. The molecule has 0 spiro atoms. The van der Waals surface area contributed by atoms with Crippen molar-refractivity contribution in [3.05, 3.63) is 234 Å². The maximum absolute atomic E-state index is 7.20. The van der Waals surface area contributed by atoms with E-state index in [4.69, 9.17) is 24.1 Å². The second kappa shape index (κ2) is 21.7. The van der Waals surface area contributed by atoms with E-state index in [1.807, 2.05) is 19.1 Å². The Morgan fingerprint density at radius 2 is 0.952 bits per heavy atom. The van der Waals surface area contributed by atoms with Gasteiger partial charge >= 0.3 is 21.1 Å². The summed E-state index contributed by atoms with van der Waals surface area (Å²) in [5.74, 6) is 3.27. The van der Waals surface area contributed by atoms with Gasteiger partial charge in [-0.25, -0.2) is 0 Å². The molecule has 0 N–H and O–H groups in total. The third-order valence-corrected chi connectivity index (χ3v) is 16.5. The van der Waals surface area contributed by atoms with Crippen LogP contribution in [0.2, 0.25) is 0 Å². The summed E-state index contributed by atoms with van der Waals surface area (Å²) in [4.78, 5) is 16.1. The number of pyridine rings is 1. The number of benzene rings is 10. The van der Waals surface area contributed by atoms with Crippen LogP contribution >= 0.6 is 0 Å². The Kier molecular flexibility index (Phi) is 14.0. The van der Waals surface area contributed by atoms with Crippen LogP contribution in [0.4, 0.5) is 0 Å². The van der Waals surface area contributed by atoms with Gasteiger partial charge in [-0.1, -0.05) is 188 Å². The van der Waals surface area contributed by atoms with Gasteiger partial charge in [0.1, 0.15) is 5.58 Å². The summed E-state index contributed by atoms with van der Waals surface area (Å²) in [6, 6.07) is 76.3. The SMILES string of the molecule is Cc1ccc2ccc3c(ccc4oc5c(-c6nc7ccccc7n6-c6c(C(C)C)cc(-c7ccccc7)cc6C(C)C)[c-]c(Oc6[c-]c(-c7nc8ccccc8n7-c7c(C(C)C)cc(-c8ccccc8)cc7C(C)C)ccc6)cc5c43)c2n1.[Pt+2]. The Labute approximate surface area is 504 Å². The zero-order chi connectivity index (χ0) is 56.8. The average Bonchev–Trinajstić information content (AvgIpc) is 2.17. The molecule has 8 heteroatoms. The first-order chi connectivity index (χ1) is 40.4. The second-order valence-electron chi connectivity index (χ2n) is 23.4. The standard InChI is InChI=1S/C76H63N5O2.Pt/c1-44(2)59-38-53(49-21-12-10-13-22-49)39-60(45(3)4)72(59)80-67-29-18-16-27-65(67)78-75(80)52-25-20-26-55(37-52)82-56-42-63-70-57-34-33-51-32-31-48(9)77-71(51)58(57)35-36-69(70)83-74(63)64(43-56)76-79-66-28-17-19-30-68(66)81(76)73-61(46(5)6)40-54(41-62(73)47(7)8)50-23-14-11-15-24-50;/h10-36,38-42,44-47H,1-9H3;/q-2;+2. The Balaban J connectivity index is 0.00000658. The van der Waals surface area contributed by atoms with Crippen molar-refractivity contribution in [2.24, 2.45) is 0 Å². The van der Waals surface area contributed by atoms with Crippen molar-refractivity contribution in [1.29, 1.82) is 0 Å². The van der Waals surface area contributed by atoms with Crippen LogP contribution in [0.1, 0.15) is 107 Å². The molecule has 0 atom stereocenters. The molecule has 0 aliphatic carbocycles. The van der Waals surface area contributed by atoms with E-state index in [2.05, 4.69) is 259 Å². The zero-order valence-corrected chi connectivity index (χ0v) is 50.9. The Morgan fingerprint density at radius 3 is 1.52 bits per heavy atom. The summed E-state index contributed by atoms with van der Waals surface area (Å²) >= 11 is 0. The molecule has 0 amide bonds. The van der Waals surface area contributed by atoms with Crippen molar-refractivity contribution in [3.63, 3.8) is 0 Å². The molecule has 4 heterocycles. The van der Waals surface area contributed by atoms with Crippen LogP contribution in [-0.2, 0) is 21.1 Å². The molecule has 0 fully saturated rings. The number of nitrogens with zero attached hydrogens (tertiary/aromatic N) is 5. The molecule has 14 aromatic rings. The van der Waals surface area contributed by atoms with Crippen molar-refractivity contribution >= 4 is 65.7 Å². The molecule has 7 nitrogen and oxygen atoms in total. The molecule has 414 valence electrons. The number of aryl methyl sites for hydroxylation is 1. The van der Waals surface area contributed by atoms with Crippen LogP contribution in [0.15, 0.2) is 199 Å². The quantitative estimate of drug-likeness (QED) is 0.0900. The molecule has 0 aliphatic rings. The smallest absolute Gasteiger partial charge is 0.501 e. The maximum atomic E-state index is 7.20. The molecular formula is C76H63N5O2Pt. The fourth-order valence-electron chi connectivity index (χ4n) is 12.4. The van der Waals surface area contributed by atoms with E-state index in [1.165, 1.54) is 44.5 Å². The van der Waals surface area contributed by atoms with Gasteiger partial charge in [-0.15, -0.1) is 23.8 Å². The van der Waals surface area contributed by atoms with E-state index >= 15 is 0 Å². The van der Waals surface area contributed by atoms with E-state index in [-0.39, 0.29) is 44.7 Å². The summed E-state index contributed by atoms with van der Waals surface area (Å²) < 4.78 is 19.1. The number of furan rings is 1. The number of ether oxygens (including phenoxy) is 1. The van der Waals surface area contributed by atoms with Crippen LogP contribution in [0.25, 0.3) is 122 Å². The molecule has 10 aromatic carbocycles. The van der Waals surface area contributed by atoms with Crippen LogP contribution in [0.5, 0.6) is 11.5 Å². The topological polar surface area (TPSA) is 70.9 Å². The fourth-order valence-corrected chi connectivity index (χ4v) is 12.4. The average molecular weight is 1270 g/mol. The fraction of sp³-hybridized carbons (Fsp3) is 0.171. The number of aromatic nitrogens is 5. The number of imidazole rings is 2. The van der Waals surface area contributed by atoms with Gasteiger partial charge in [0.15, 0.2) is 0 Å². The predicted molar refractivity (Wildman–Crippen MR) is 343 cm³/mol. The van der Waals surface area contributed by atoms with Crippen molar-refractivity contribution in [2.45, 2.75) is 86.0 Å². The number of rotatable bonds is 12. The Morgan fingerprint density at radius 1 is 0.440 bits per heavy atom. The third kappa shape index (κ3) is 9.30. The first-order valence-electron chi connectivity index (χ1n) is 29.1. The monoisotopic (exact) mass is 1270 g/mol. The minimum atomic E-state index is 0. The second-order valence-corrected chi connectivity index (χ2v) is 23.4. The maximum Gasteiger partial charge on any atom is 2.00 e. The minimum absolute atomic E-state index is 0. The molecule has 0 saturated carbocycles. The molecule has 14 rings (SSSR count). The molecule has 84 heavy (non-hydrogen) atoms. The molecular weight excluding hydrogens is 1210 g/mol. The largest absolute Gasteiger partial charge is 2.00 e. The number of para-hydroxylation sites is 4. The number of hydrogen-bond acceptors (Lipinski definition) is 5. The number of hydrogen-bond donors (Lipinski definition) is 0. The Bertz CT molecular complexity index is 4800. The van der Waals surface area contributed by atoms with E-state index < -0.39 is 0 Å². The van der Waals surface area contributed by atoms with Crippen molar-refractivity contribution in [3.8, 4) is 67.9 Å². The summed E-state index contributed by atoms with van der Waals surface area (Å²) in [5, 5.41) is 5.01. The van der Waals surface area contributed by atoms with Gasteiger partial charge in [0.25, 0.3) is 0 Å². The third-order valence-electron chi connectivity index (χ3n) is 16.5. The molecule has 4 aromatic heterocycles. The van der Waals surface area contributed by atoms with E-state index in [1.54, 1.807) is 0 Å². The Hall–Kier alpha value is -8.90. The summed E-state index contributed by atoms with van der Waals surface area (Å²) in [6.07, 6.45) is 0. The van der Waals surface area contributed by atoms with E-state index in [0.29, 0.717) is 28.5 Å². The molecule has 0 aliphatic heterocycles. The molecule has 0 bridgehead atoms. The van der Waals surface area contributed by atoms with Gasteiger partial charge in [0.05, 0.1) is 44.8 Å². The molecule has 0 saturated heterocycles. The normalized spacial score (nSPS) is 12.0. The summed E-state index contributed by atoms with van der Waals surface area (Å²) in [5.41, 5.74) is 20.6. The van der Waals surface area contributed by atoms with Gasteiger partial charge in [-0.05, 0) is 147 Å². The van der Waals surface area contributed by atoms with E-state index in [0.717, 1.165) is 88.6 Å². The first kappa shape index (κ1) is 54.4. The van der Waals surface area contributed by atoms with Gasteiger partial charge in [-0.2, -0.15) is 0 Å². The zero-order valence-electron chi connectivity index (χ0n) is 48.7. The minimum Gasteiger partial charge on any atom is -0.501 e. The van der Waals surface area contributed by atoms with Gasteiger partial charge in [0, 0.05) is 44.7 Å². The summed E-state index contributed by atoms with van der Waals surface area (Å²) in [6.45, 7) is 20.3. The van der Waals surface area contributed by atoms with Crippen molar-refractivity contribution in [2.75, 3.05) is 0 Å². The predicted octanol–water partition coefficient (Wildman–Crippen LogP) is 20.8. The summed E-state index contributed by atoms with van der Waals surface area (Å²) in [7, 11) is 0. The van der Waals surface area contributed by atoms with Gasteiger partial charge in [-0.3, -0.25) is 15.0 Å². The molecule has 0 unspecified atom stereocenters. The van der Waals surface area contributed by atoms with E-state index in [9.17, 15) is 0 Å². The van der Waals surface area contributed by atoms with Crippen LogP contribution in [0.3, 0.4) is 0 Å².